The van der Waals surface area contributed by atoms with Crippen molar-refractivity contribution in [2.24, 2.45) is 17.8 Å². The minimum Gasteiger partial charge on any atom is -0.317 e. The van der Waals surface area contributed by atoms with Gasteiger partial charge in [-0.2, -0.15) is 0 Å². The van der Waals surface area contributed by atoms with Gasteiger partial charge in [0.2, 0.25) is 0 Å². The molecule has 0 saturated heterocycles. The second-order valence-corrected chi connectivity index (χ2v) is 11.0. The molecule has 0 saturated carbocycles. The zero-order valence-electron chi connectivity index (χ0n) is 25.6. The van der Waals surface area contributed by atoms with Crippen LogP contribution in [-0.4, -0.2) is 52.4 Å². The van der Waals surface area contributed by atoms with E-state index in [4.69, 9.17) is 0 Å². The molecule has 0 aromatic heterocycles. The van der Waals surface area contributed by atoms with Gasteiger partial charge in [-0.15, -0.1) is 0 Å². The molecule has 4 heteroatoms. The molecule has 0 aliphatic heterocycles. The lowest BCUT2D eigenvalue weighted by molar-refractivity contribution is 0.391. The number of hydrogen-bond acceptors (Lipinski definition) is 4. The lowest BCUT2D eigenvalue weighted by Crippen LogP contribution is -2.23. The van der Waals surface area contributed by atoms with E-state index in [2.05, 4.69) is 69.7 Å². The summed E-state index contributed by atoms with van der Waals surface area (Å²) in [7, 11) is 0. The quantitative estimate of drug-likeness (QED) is 0.0939. The van der Waals surface area contributed by atoms with E-state index in [0.717, 1.165) is 30.8 Å². The molecule has 0 bridgehead atoms. The van der Waals surface area contributed by atoms with Crippen LogP contribution in [0.1, 0.15) is 132 Å². The van der Waals surface area contributed by atoms with E-state index < -0.39 is 0 Å². The first-order chi connectivity index (χ1) is 17.0. The minimum atomic E-state index is 0.826. The monoisotopic (exact) mass is 499 g/mol. The van der Waals surface area contributed by atoms with E-state index in [0.29, 0.717) is 0 Å². The Hall–Kier alpha value is -0.160. The van der Waals surface area contributed by atoms with Crippen LogP contribution in [0, 0.1) is 17.8 Å². The van der Waals surface area contributed by atoms with Crippen molar-refractivity contribution in [3.63, 3.8) is 0 Å². The minimum absolute atomic E-state index is 0.826. The molecule has 2 unspecified atom stereocenters. The summed E-state index contributed by atoms with van der Waals surface area (Å²) in [6.07, 6.45) is 17.6. The highest BCUT2D eigenvalue weighted by atomic mass is 14.9. The van der Waals surface area contributed by atoms with Gasteiger partial charge in [-0.1, -0.05) is 93.4 Å². The second kappa shape index (κ2) is 31.9. The van der Waals surface area contributed by atoms with Gasteiger partial charge in [0.05, 0.1) is 0 Å². The largest absolute Gasteiger partial charge is 0.317 e. The van der Waals surface area contributed by atoms with Crippen molar-refractivity contribution in [3.05, 3.63) is 0 Å². The highest BCUT2D eigenvalue weighted by Gasteiger charge is 2.06. The molecule has 0 aromatic rings. The third-order valence-corrected chi connectivity index (χ3v) is 6.97. The molecule has 4 N–H and O–H groups in total. The van der Waals surface area contributed by atoms with Gasteiger partial charge in [0, 0.05) is 0 Å². The first-order valence-electron chi connectivity index (χ1n) is 15.8. The topological polar surface area (TPSA) is 48.1 Å². The van der Waals surface area contributed by atoms with Gasteiger partial charge in [0.15, 0.2) is 0 Å². The fourth-order valence-electron chi connectivity index (χ4n) is 4.22. The van der Waals surface area contributed by atoms with Crippen LogP contribution in [0.2, 0.25) is 0 Å². The smallest absolute Gasteiger partial charge is 0.00232 e. The molecule has 35 heavy (non-hydrogen) atoms. The maximum absolute atomic E-state index is 3.56. The van der Waals surface area contributed by atoms with Crippen molar-refractivity contribution in [1.82, 2.24) is 21.3 Å². The van der Waals surface area contributed by atoms with Crippen molar-refractivity contribution in [2.45, 2.75) is 132 Å². The van der Waals surface area contributed by atoms with E-state index in [1.165, 1.54) is 123 Å². The number of nitrogens with one attached hydrogen (secondary N) is 4. The zero-order valence-corrected chi connectivity index (χ0v) is 25.6. The van der Waals surface area contributed by atoms with E-state index in [9.17, 15) is 0 Å². The Labute approximate surface area is 223 Å². The normalized spacial score (nSPS) is 13.0. The molecule has 0 amide bonds. The predicted octanol–water partition coefficient (Wildman–Crippen LogP) is 7.39. The van der Waals surface area contributed by atoms with E-state index in [1.807, 2.05) is 0 Å². The van der Waals surface area contributed by atoms with Crippen molar-refractivity contribution >= 4 is 0 Å². The SMILES string of the molecule is CCCCNCCC(C)CCC(C)CNCCCC.CCNCCCCC(C)CCCCNCC. The molecule has 2 atom stereocenters. The van der Waals surface area contributed by atoms with Gasteiger partial charge >= 0.3 is 0 Å². The maximum atomic E-state index is 3.56. The Bertz CT molecular complexity index is 350. The maximum Gasteiger partial charge on any atom is -0.00232 e. The third-order valence-electron chi connectivity index (χ3n) is 6.97. The first kappa shape index (κ1) is 37.0. The van der Waals surface area contributed by atoms with Gasteiger partial charge < -0.3 is 21.3 Å². The molecule has 0 aliphatic carbocycles. The summed E-state index contributed by atoms with van der Waals surface area (Å²) in [5, 5.41) is 13.9. The number of hydrogen-bond donors (Lipinski definition) is 4. The summed E-state index contributed by atoms with van der Waals surface area (Å²) < 4.78 is 0. The van der Waals surface area contributed by atoms with Gasteiger partial charge in [-0.25, -0.2) is 0 Å². The number of rotatable bonds is 26. The first-order valence-corrected chi connectivity index (χ1v) is 15.8. The molecule has 0 spiro atoms. The van der Waals surface area contributed by atoms with Crippen LogP contribution in [-0.2, 0) is 0 Å². The summed E-state index contributed by atoms with van der Waals surface area (Å²) >= 11 is 0. The molecule has 214 valence electrons. The Kier molecular flexibility index (Phi) is 33.7. The predicted molar refractivity (Wildman–Crippen MR) is 162 cm³/mol. The average Bonchev–Trinajstić information content (AvgIpc) is 2.85. The highest BCUT2D eigenvalue weighted by molar-refractivity contribution is 4.62. The fraction of sp³-hybridized carbons (Fsp3) is 1.00. The summed E-state index contributed by atoms with van der Waals surface area (Å²) in [6, 6.07) is 0. The van der Waals surface area contributed by atoms with Crippen LogP contribution in [0.25, 0.3) is 0 Å². The summed E-state index contributed by atoms with van der Waals surface area (Å²) in [5.74, 6) is 2.61. The van der Waals surface area contributed by atoms with Gasteiger partial charge in [-0.05, 0) is 109 Å². The Morgan fingerprint density at radius 1 is 0.400 bits per heavy atom. The third kappa shape index (κ3) is 33.8. The molecular formula is C31H70N4. The molecule has 4 nitrogen and oxygen atoms in total. The lowest BCUT2D eigenvalue weighted by atomic mass is 9.95. The van der Waals surface area contributed by atoms with Gasteiger partial charge in [0.25, 0.3) is 0 Å². The average molecular weight is 499 g/mol. The molecule has 0 radical (unpaired) electrons. The van der Waals surface area contributed by atoms with Crippen LogP contribution in [0.4, 0.5) is 0 Å². The van der Waals surface area contributed by atoms with Gasteiger partial charge in [-0.3, -0.25) is 0 Å². The van der Waals surface area contributed by atoms with Crippen molar-refractivity contribution in [3.8, 4) is 0 Å². The molecule has 0 heterocycles. The van der Waals surface area contributed by atoms with Crippen LogP contribution >= 0.6 is 0 Å². The molecular weight excluding hydrogens is 428 g/mol. The van der Waals surface area contributed by atoms with Crippen molar-refractivity contribution in [1.29, 1.82) is 0 Å². The van der Waals surface area contributed by atoms with E-state index >= 15 is 0 Å². The Balaban J connectivity index is 0. The van der Waals surface area contributed by atoms with Crippen LogP contribution in [0.3, 0.4) is 0 Å². The fourth-order valence-corrected chi connectivity index (χ4v) is 4.22. The molecule has 0 aromatic carbocycles. The lowest BCUT2D eigenvalue weighted by Gasteiger charge is -2.16. The Morgan fingerprint density at radius 2 is 0.857 bits per heavy atom. The number of unbranched alkanes of at least 4 members (excludes halogenated alkanes) is 4. The Morgan fingerprint density at radius 3 is 1.37 bits per heavy atom. The molecule has 0 rings (SSSR count). The zero-order chi connectivity index (χ0) is 26.4. The standard InChI is InChI=1S/C17H38N2.C14H32N2/c1-5-7-12-18-14-11-16(3)9-10-17(4)15-19-13-8-6-2;1-4-15-12-8-6-10-14(3)11-7-9-13-16-5-2/h16-19H,5-15H2,1-4H3;14-16H,4-13H2,1-3H3. The van der Waals surface area contributed by atoms with E-state index in [-0.39, 0.29) is 0 Å². The molecule has 0 aliphatic rings. The summed E-state index contributed by atoms with van der Waals surface area (Å²) in [4.78, 5) is 0. The van der Waals surface area contributed by atoms with E-state index in [1.54, 1.807) is 0 Å². The summed E-state index contributed by atoms with van der Waals surface area (Å²) in [5.41, 5.74) is 0. The highest BCUT2D eigenvalue weighted by Crippen LogP contribution is 2.15. The van der Waals surface area contributed by atoms with Crippen molar-refractivity contribution in [2.75, 3.05) is 52.4 Å². The van der Waals surface area contributed by atoms with Crippen LogP contribution < -0.4 is 21.3 Å². The van der Waals surface area contributed by atoms with Crippen molar-refractivity contribution < 1.29 is 0 Å². The van der Waals surface area contributed by atoms with Crippen LogP contribution in [0.5, 0.6) is 0 Å². The molecule has 0 fully saturated rings. The van der Waals surface area contributed by atoms with Gasteiger partial charge in [0.1, 0.15) is 0 Å². The van der Waals surface area contributed by atoms with Crippen LogP contribution in [0.15, 0.2) is 0 Å². The second-order valence-electron chi connectivity index (χ2n) is 11.0. The summed E-state index contributed by atoms with van der Waals surface area (Å²) in [6.45, 7) is 25.4.